The van der Waals surface area contributed by atoms with E-state index in [0.29, 0.717) is 18.8 Å². The largest absolute Gasteiger partial charge is 0.471 e. The molecule has 0 fully saturated rings. The average molecular weight is 368 g/mol. The van der Waals surface area contributed by atoms with E-state index in [4.69, 9.17) is 9.47 Å². The van der Waals surface area contributed by atoms with Crippen molar-refractivity contribution in [3.63, 3.8) is 0 Å². The third-order valence-corrected chi connectivity index (χ3v) is 3.39. The Hall–Kier alpha value is -1.86. The molecule has 0 saturated carbocycles. The maximum Gasteiger partial charge on any atom is 0.271 e. The zero-order chi connectivity index (χ0) is 15.8. The molecular formula is C15H18BrN3O3. The Morgan fingerprint density at radius 1 is 1.32 bits per heavy atom. The molecule has 0 aliphatic rings. The fraction of sp³-hybridized carbons (Fsp3) is 0.333. The van der Waals surface area contributed by atoms with Crippen molar-refractivity contribution in [2.75, 3.05) is 20.3 Å². The van der Waals surface area contributed by atoms with Crippen LogP contribution >= 0.6 is 15.9 Å². The van der Waals surface area contributed by atoms with E-state index in [1.165, 1.54) is 0 Å². The van der Waals surface area contributed by atoms with Gasteiger partial charge < -0.3 is 14.8 Å². The summed E-state index contributed by atoms with van der Waals surface area (Å²) >= 11 is 3.37. The number of hydrogen-bond acceptors (Lipinski definition) is 4. The van der Waals surface area contributed by atoms with Crippen molar-refractivity contribution >= 4 is 21.8 Å². The number of amides is 1. The lowest BCUT2D eigenvalue weighted by atomic mass is 10.3. The van der Waals surface area contributed by atoms with E-state index in [1.807, 2.05) is 24.3 Å². The van der Waals surface area contributed by atoms with Crippen LogP contribution in [0.25, 0.3) is 0 Å². The van der Waals surface area contributed by atoms with E-state index in [2.05, 4.69) is 26.3 Å². The van der Waals surface area contributed by atoms with E-state index in [1.54, 1.807) is 24.1 Å². The van der Waals surface area contributed by atoms with Crippen LogP contribution in [0.4, 0.5) is 0 Å². The Bertz CT molecular complexity index is 598. The first-order valence-electron chi connectivity index (χ1n) is 6.88. The van der Waals surface area contributed by atoms with Crippen molar-refractivity contribution in [3.05, 3.63) is 46.7 Å². The van der Waals surface area contributed by atoms with Crippen LogP contribution in [0.2, 0.25) is 0 Å². The lowest BCUT2D eigenvalue weighted by Crippen LogP contribution is -2.25. The van der Waals surface area contributed by atoms with Gasteiger partial charge in [-0.25, -0.2) is 4.68 Å². The number of rotatable bonds is 8. The van der Waals surface area contributed by atoms with Gasteiger partial charge in [0.2, 0.25) is 0 Å². The second-order valence-electron chi connectivity index (χ2n) is 4.57. The number of hydrogen-bond donors (Lipinski definition) is 1. The Balaban J connectivity index is 1.80. The van der Waals surface area contributed by atoms with Crippen molar-refractivity contribution in [3.8, 4) is 5.75 Å². The summed E-state index contributed by atoms with van der Waals surface area (Å²) in [5.74, 6) is 0.544. The number of methoxy groups -OCH3 is 1. The van der Waals surface area contributed by atoms with Crippen LogP contribution in [-0.4, -0.2) is 35.9 Å². The normalized spacial score (nSPS) is 10.5. The number of halogens is 1. The van der Waals surface area contributed by atoms with Gasteiger partial charge in [0, 0.05) is 30.9 Å². The SMILES string of the molecule is COCCCNC(=O)c1ccn(COc2ccc(Br)cc2)n1. The molecule has 0 saturated heterocycles. The molecule has 0 atom stereocenters. The fourth-order valence-corrected chi connectivity index (χ4v) is 2.00. The molecule has 0 aliphatic heterocycles. The highest BCUT2D eigenvalue weighted by Crippen LogP contribution is 2.16. The minimum atomic E-state index is -0.196. The number of nitrogens with one attached hydrogen (secondary N) is 1. The molecule has 7 heteroatoms. The molecule has 1 amide bonds. The lowest BCUT2D eigenvalue weighted by Gasteiger charge is -2.06. The summed E-state index contributed by atoms with van der Waals surface area (Å²) in [4.78, 5) is 11.9. The van der Waals surface area contributed by atoms with Crippen molar-refractivity contribution in [1.82, 2.24) is 15.1 Å². The number of carbonyl (C=O) groups is 1. The maximum atomic E-state index is 11.9. The van der Waals surface area contributed by atoms with Crippen LogP contribution in [0.1, 0.15) is 16.9 Å². The molecule has 0 bridgehead atoms. The van der Waals surface area contributed by atoms with E-state index in [-0.39, 0.29) is 12.6 Å². The van der Waals surface area contributed by atoms with E-state index >= 15 is 0 Å². The molecule has 1 aromatic carbocycles. The van der Waals surface area contributed by atoms with Gasteiger partial charge in [-0.1, -0.05) is 15.9 Å². The number of carbonyl (C=O) groups excluding carboxylic acids is 1. The average Bonchev–Trinajstić information content (AvgIpc) is 3.00. The second-order valence-corrected chi connectivity index (χ2v) is 5.49. The number of aromatic nitrogens is 2. The zero-order valence-corrected chi connectivity index (χ0v) is 13.9. The Kier molecular flexibility index (Phi) is 6.42. The van der Waals surface area contributed by atoms with Gasteiger partial charge in [0.15, 0.2) is 6.73 Å². The molecular weight excluding hydrogens is 350 g/mol. The van der Waals surface area contributed by atoms with E-state index < -0.39 is 0 Å². The van der Waals surface area contributed by atoms with Gasteiger partial charge in [-0.2, -0.15) is 5.10 Å². The van der Waals surface area contributed by atoms with Crippen LogP contribution in [0.3, 0.4) is 0 Å². The molecule has 1 N–H and O–H groups in total. The van der Waals surface area contributed by atoms with E-state index in [9.17, 15) is 4.79 Å². The number of benzene rings is 1. The van der Waals surface area contributed by atoms with Gasteiger partial charge in [-0.3, -0.25) is 4.79 Å². The summed E-state index contributed by atoms with van der Waals surface area (Å²) < 4.78 is 13.1. The lowest BCUT2D eigenvalue weighted by molar-refractivity contribution is 0.0941. The van der Waals surface area contributed by atoms with Crippen LogP contribution < -0.4 is 10.1 Å². The summed E-state index contributed by atoms with van der Waals surface area (Å²) in [7, 11) is 1.63. The zero-order valence-electron chi connectivity index (χ0n) is 12.3. The smallest absolute Gasteiger partial charge is 0.271 e. The predicted molar refractivity (Wildman–Crippen MR) is 85.8 cm³/mol. The third kappa shape index (κ3) is 5.16. The number of nitrogens with zero attached hydrogens (tertiary/aromatic N) is 2. The molecule has 118 valence electrons. The predicted octanol–water partition coefficient (Wildman–Crippen LogP) is 2.45. The Labute approximate surface area is 137 Å². The van der Waals surface area contributed by atoms with Crippen LogP contribution in [0.15, 0.2) is 41.0 Å². The van der Waals surface area contributed by atoms with Gasteiger partial charge in [0.25, 0.3) is 5.91 Å². The molecule has 0 radical (unpaired) electrons. The van der Waals surface area contributed by atoms with Crippen LogP contribution in [0, 0.1) is 0 Å². The van der Waals surface area contributed by atoms with Gasteiger partial charge in [-0.05, 0) is 36.8 Å². The molecule has 2 rings (SSSR count). The quantitative estimate of drug-likeness (QED) is 0.727. The Morgan fingerprint density at radius 2 is 2.09 bits per heavy atom. The fourth-order valence-electron chi connectivity index (χ4n) is 1.74. The topological polar surface area (TPSA) is 65.4 Å². The van der Waals surface area contributed by atoms with Crippen molar-refractivity contribution in [2.24, 2.45) is 0 Å². The second kappa shape index (κ2) is 8.55. The minimum absolute atomic E-state index is 0.196. The number of ether oxygens (including phenoxy) is 2. The first-order chi connectivity index (χ1) is 10.7. The minimum Gasteiger partial charge on any atom is -0.471 e. The maximum absolute atomic E-state index is 11.9. The van der Waals surface area contributed by atoms with Gasteiger partial charge >= 0.3 is 0 Å². The summed E-state index contributed by atoms with van der Waals surface area (Å²) in [5, 5.41) is 6.97. The molecule has 0 spiro atoms. The summed E-state index contributed by atoms with van der Waals surface area (Å²) in [5.41, 5.74) is 0.372. The summed E-state index contributed by atoms with van der Waals surface area (Å²) in [6, 6.07) is 9.18. The molecule has 6 nitrogen and oxygen atoms in total. The Morgan fingerprint density at radius 3 is 2.82 bits per heavy atom. The summed E-state index contributed by atoms with van der Waals surface area (Å²) in [6.45, 7) is 1.43. The molecule has 0 unspecified atom stereocenters. The molecule has 22 heavy (non-hydrogen) atoms. The highest BCUT2D eigenvalue weighted by atomic mass is 79.9. The van der Waals surface area contributed by atoms with E-state index in [0.717, 1.165) is 16.6 Å². The molecule has 1 aromatic heterocycles. The van der Waals surface area contributed by atoms with Gasteiger partial charge in [0.1, 0.15) is 11.4 Å². The van der Waals surface area contributed by atoms with Gasteiger partial charge in [-0.15, -0.1) is 0 Å². The first kappa shape index (κ1) is 16.5. The highest BCUT2D eigenvalue weighted by molar-refractivity contribution is 9.10. The van der Waals surface area contributed by atoms with Gasteiger partial charge in [0.05, 0.1) is 0 Å². The molecule has 0 aliphatic carbocycles. The van der Waals surface area contributed by atoms with Crippen LogP contribution in [0.5, 0.6) is 5.75 Å². The van der Waals surface area contributed by atoms with Crippen LogP contribution in [-0.2, 0) is 11.5 Å². The van der Waals surface area contributed by atoms with Crippen molar-refractivity contribution < 1.29 is 14.3 Å². The molecule has 2 aromatic rings. The third-order valence-electron chi connectivity index (χ3n) is 2.86. The monoisotopic (exact) mass is 367 g/mol. The molecule has 1 heterocycles. The highest BCUT2D eigenvalue weighted by Gasteiger charge is 2.08. The standard InChI is InChI=1S/C15H18BrN3O3/c1-21-10-2-8-17-15(20)14-7-9-19(18-14)11-22-13-5-3-12(16)4-6-13/h3-7,9H,2,8,10-11H2,1H3,(H,17,20). The first-order valence-corrected chi connectivity index (χ1v) is 7.67. The van der Waals surface area contributed by atoms with Crippen molar-refractivity contribution in [2.45, 2.75) is 13.2 Å². The summed E-state index contributed by atoms with van der Waals surface area (Å²) in [6.07, 6.45) is 2.48. The van der Waals surface area contributed by atoms with Crippen molar-refractivity contribution in [1.29, 1.82) is 0 Å².